The van der Waals surface area contributed by atoms with Gasteiger partial charge in [0.15, 0.2) is 0 Å². The van der Waals surface area contributed by atoms with Gasteiger partial charge in [-0.2, -0.15) is 0 Å². The van der Waals surface area contributed by atoms with Crippen molar-refractivity contribution in [2.24, 2.45) is 5.73 Å². The van der Waals surface area contributed by atoms with Crippen molar-refractivity contribution in [1.29, 1.82) is 0 Å². The van der Waals surface area contributed by atoms with Gasteiger partial charge < -0.3 is 31.1 Å². The summed E-state index contributed by atoms with van der Waals surface area (Å²) in [6, 6.07) is 5.92. The number of nitrogens with two attached hydrogens (primary N) is 1. The number of carboxylic acids is 1. The van der Waals surface area contributed by atoms with Gasteiger partial charge in [-0.15, -0.1) is 0 Å². The maximum Gasteiger partial charge on any atom is 0.471 e. The average Bonchev–Trinajstić information content (AvgIpc) is 2.69. The van der Waals surface area contributed by atoms with Gasteiger partial charge in [0.05, 0.1) is 16.0 Å². The maximum atomic E-state index is 10.6. The van der Waals surface area contributed by atoms with Gasteiger partial charge in [-0.05, 0) is 63.4 Å². The molecule has 7 nitrogen and oxygen atoms in total. The largest absolute Gasteiger partial charge is 0.481 e. The summed E-state index contributed by atoms with van der Waals surface area (Å²) in [6.45, 7) is 3.97. The first kappa shape index (κ1) is 26.4. The molecule has 0 saturated carbocycles. The normalized spacial score (nSPS) is 18.5. The van der Waals surface area contributed by atoms with Crippen LogP contribution >= 0.6 is 23.2 Å². The predicted molar refractivity (Wildman–Crippen MR) is 125 cm³/mol. The van der Waals surface area contributed by atoms with Crippen LogP contribution in [0.3, 0.4) is 0 Å². The van der Waals surface area contributed by atoms with Gasteiger partial charge in [0.25, 0.3) is 0 Å². The number of halogens is 2. The molecule has 2 atom stereocenters. The molecule has 0 amide bonds. The standard InChI is InChI=1S/C21H34BCl2N3O4/c1-21(25,10-4-2-3-5-19(28)29)20(22(30)31)27-11-8-16(9-12-27)26-14-15-6-7-17(23)18(24)13-15/h6-7,13,16,20,26,30-31H,2-5,8-12,14,25H2,1H3,(H,28,29). The SMILES string of the molecule is CC(N)(CCCCCC(=O)O)C(B(O)O)N1CCC(NCc2ccc(Cl)c(Cl)c2)CC1. The molecule has 2 rings (SSSR count). The Morgan fingerprint density at radius 3 is 2.52 bits per heavy atom. The van der Waals surface area contributed by atoms with Crippen LogP contribution < -0.4 is 11.1 Å². The summed E-state index contributed by atoms with van der Waals surface area (Å²) in [5.41, 5.74) is 6.80. The molecule has 1 aromatic carbocycles. The van der Waals surface area contributed by atoms with E-state index in [0.29, 0.717) is 48.6 Å². The van der Waals surface area contributed by atoms with E-state index in [4.69, 9.17) is 34.0 Å². The number of nitrogens with one attached hydrogen (secondary N) is 1. The van der Waals surface area contributed by atoms with E-state index in [0.717, 1.165) is 31.2 Å². The zero-order valence-electron chi connectivity index (χ0n) is 18.1. The lowest BCUT2D eigenvalue weighted by molar-refractivity contribution is -0.137. The Morgan fingerprint density at radius 2 is 1.94 bits per heavy atom. The molecule has 1 aromatic rings. The fourth-order valence-corrected chi connectivity index (χ4v) is 4.67. The Balaban J connectivity index is 1.82. The molecule has 0 aliphatic carbocycles. The van der Waals surface area contributed by atoms with Crippen LogP contribution in [0.2, 0.25) is 10.0 Å². The molecule has 0 spiro atoms. The molecular formula is C21H34BCl2N3O4. The van der Waals surface area contributed by atoms with Gasteiger partial charge in [-0.1, -0.05) is 42.1 Å². The Hall–Kier alpha value is -0.865. The topological polar surface area (TPSA) is 119 Å². The summed E-state index contributed by atoms with van der Waals surface area (Å²) in [7, 11) is -1.53. The molecule has 1 saturated heterocycles. The number of carboxylic acid groups (broad SMARTS) is 1. The van der Waals surface area contributed by atoms with Crippen molar-refractivity contribution in [2.75, 3.05) is 13.1 Å². The number of nitrogens with zero attached hydrogens (tertiary/aromatic N) is 1. The highest BCUT2D eigenvalue weighted by atomic mass is 35.5. The molecular weight excluding hydrogens is 440 g/mol. The molecule has 2 unspecified atom stereocenters. The van der Waals surface area contributed by atoms with Crippen molar-refractivity contribution in [2.45, 2.75) is 75.9 Å². The number of aliphatic carboxylic acids is 1. The first-order chi connectivity index (χ1) is 14.6. The fraction of sp³-hybridized carbons (Fsp3) is 0.667. The van der Waals surface area contributed by atoms with E-state index in [1.807, 2.05) is 19.1 Å². The third-order valence-corrected chi connectivity index (χ3v) is 6.81. The number of rotatable bonds is 12. The Bertz CT molecular complexity index is 716. The Morgan fingerprint density at radius 1 is 1.26 bits per heavy atom. The molecule has 174 valence electrons. The number of hydrogen-bond acceptors (Lipinski definition) is 6. The molecule has 0 radical (unpaired) electrons. The summed E-state index contributed by atoms with van der Waals surface area (Å²) in [4.78, 5) is 12.7. The van der Waals surface area contributed by atoms with Crippen molar-refractivity contribution >= 4 is 36.3 Å². The van der Waals surface area contributed by atoms with Crippen molar-refractivity contribution in [3.8, 4) is 0 Å². The van der Waals surface area contributed by atoms with E-state index in [1.165, 1.54) is 0 Å². The van der Waals surface area contributed by atoms with E-state index in [-0.39, 0.29) is 6.42 Å². The molecule has 31 heavy (non-hydrogen) atoms. The summed E-state index contributed by atoms with van der Waals surface area (Å²) in [5, 5.41) is 33.5. The second-order valence-corrected chi connectivity index (χ2v) is 9.57. The van der Waals surface area contributed by atoms with Crippen LogP contribution in [0.15, 0.2) is 18.2 Å². The zero-order valence-corrected chi connectivity index (χ0v) is 19.6. The molecule has 0 bridgehead atoms. The fourth-order valence-electron chi connectivity index (χ4n) is 4.35. The van der Waals surface area contributed by atoms with Crippen LogP contribution in [0.1, 0.15) is 57.4 Å². The lowest BCUT2D eigenvalue weighted by atomic mass is 9.65. The van der Waals surface area contributed by atoms with E-state index in [1.54, 1.807) is 6.07 Å². The monoisotopic (exact) mass is 473 g/mol. The second-order valence-electron chi connectivity index (χ2n) is 8.76. The number of piperidine rings is 1. The molecule has 6 N–H and O–H groups in total. The third kappa shape index (κ3) is 8.53. The zero-order chi connectivity index (χ0) is 23.0. The molecule has 1 fully saturated rings. The minimum Gasteiger partial charge on any atom is -0.481 e. The van der Waals surface area contributed by atoms with Crippen LogP contribution in [0.4, 0.5) is 0 Å². The summed E-state index contributed by atoms with van der Waals surface area (Å²) < 4.78 is 0. The van der Waals surface area contributed by atoms with Crippen molar-refractivity contribution in [1.82, 2.24) is 10.2 Å². The number of hydrogen-bond donors (Lipinski definition) is 5. The highest BCUT2D eigenvalue weighted by Gasteiger charge is 2.43. The van der Waals surface area contributed by atoms with Crippen LogP contribution in [0.5, 0.6) is 0 Å². The first-order valence-corrected chi connectivity index (χ1v) is 11.6. The number of unbranched alkanes of at least 4 members (excludes halogenated alkanes) is 2. The first-order valence-electron chi connectivity index (χ1n) is 10.9. The van der Waals surface area contributed by atoms with Gasteiger partial charge >= 0.3 is 13.1 Å². The highest BCUT2D eigenvalue weighted by molar-refractivity contribution is 6.43. The van der Waals surface area contributed by atoms with Gasteiger partial charge in [0.1, 0.15) is 0 Å². The molecule has 1 aliphatic heterocycles. The van der Waals surface area contributed by atoms with Gasteiger partial charge in [0.2, 0.25) is 0 Å². The van der Waals surface area contributed by atoms with Crippen LogP contribution in [-0.2, 0) is 11.3 Å². The molecule has 1 aliphatic rings. The lowest BCUT2D eigenvalue weighted by Gasteiger charge is -2.44. The summed E-state index contributed by atoms with van der Waals surface area (Å²) in [5.74, 6) is -1.36. The molecule has 0 aromatic heterocycles. The summed E-state index contributed by atoms with van der Waals surface area (Å²) >= 11 is 12.0. The van der Waals surface area contributed by atoms with Crippen molar-refractivity contribution in [3.05, 3.63) is 33.8 Å². The Kier molecular flexibility index (Phi) is 10.6. The summed E-state index contributed by atoms with van der Waals surface area (Å²) in [6.07, 6.45) is 4.62. The lowest BCUT2D eigenvalue weighted by Crippen LogP contribution is -2.65. The highest BCUT2D eigenvalue weighted by Crippen LogP contribution is 2.26. The van der Waals surface area contributed by atoms with Gasteiger partial charge in [-0.25, -0.2) is 0 Å². The molecule has 10 heteroatoms. The number of benzene rings is 1. The Labute approximate surface area is 195 Å². The minimum atomic E-state index is -1.53. The average molecular weight is 474 g/mol. The third-order valence-electron chi connectivity index (χ3n) is 6.07. The minimum absolute atomic E-state index is 0.149. The van der Waals surface area contributed by atoms with E-state index in [9.17, 15) is 14.8 Å². The van der Waals surface area contributed by atoms with E-state index in [2.05, 4.69) is 10.2 Å². The van der Waals surface area contributed by atoms with Crippen LogP contribution in [0.25, 0.3) is 0 Å². The number of likely N-dealkylation sites (tertiary alicyclic amines) is 1. The second kappa shape index (κ2) is 12.4. The van der Waals surface area contributed by atoms with Gasteiger partial charge in [0, 0.05) is 24.5 Å². The van der Waals surface area contributed by atoms with Gasteiger partial charge in [-0.3, -0.25) is 4.79 Å². The number of carbonyl (C=O) groups is 1. The van der Waals surface area contributed by atoms with Crippen molar-refractivity contribution < 1.29 is 19.9 Å². The maximum absolute atomic E-state index is 10.6. The predicted octanol–water partition coefficient (Wildman–Crippen LogP) is 2.68. The van der Waals surface area contributed by atoms with E-state index >= 15 is 0 Å². The quantitative estimate of drug-likeness (QED) is 0.234. The van der Waals surface area contributed by atoms with Crippen LogP contribution in [0, 0.1) is 0 Å². The van der Waals surface area contributed by atoms with Crippen LogP contribution in [-0.4, -0.2) is 63.8 Å². The molecule has 1 heterocycles. The smallest absolute Gasteiger partial charge is 0.471 e. The van der Waals surface area contributed by atoms with Crippen molar-refractivity contribution in [3.63, 3.8) is 0 Å². The van der Waals surface area contributed by atoms with E-state index < -0.39 is 24.6 Å².